The van der Waals surface area contributed by atoms with Crippen molar-refractivity contribution in [3.63, 3.8) is 0 Å². The van der Waals surface area contributed by atoms with Crippen molar-refractivity contribution >= 4 is 19.7 Å². The molecule has 81 heavy (non-hydrogen) atoms. The van der Waals surface area contributed by atoms with Crippen LogP contribution in [0.3, 0.4) is 0 Å². The fraction of sp³-hybridized carbons (Fsp3) is 0.915. The second kappa shape index (κ2) is 61.6. The molecule has 0 saturated heterocycles. The maximum absolute atomic E-state index is 13.6. The molecule has 0 aliphatic carbocycles. The number of carbonyl (C=O) groups is 2. The van der Waals surface area contributed by atoms with Crippen molar-refractivity contribution in [1.82, 2.24) is 5.32 Å². The van der Waals surface area contributed by atoms with Crippen LogP contribution in [0.1, 0.15) is 367 Å². The molecule has 2 N–H and O–H groups in total. The molecule has 0 radical (unpaired) electrons. The number of esters is 1. The van der Waals surface area contributed by atoms with Crippen LogP contribution in [-0.2, 0) is 27.9 Å². The Morgan fingerprint density at radius 2 is 0.716 bits per heavy atom. The van der Waals surface area contributed by atoms with E-state index in [1.807, 2.05) is 33.3 Å². The van der Waals surface area contributed by atoms with E-state index in [2.05, 4.69) is 38.2 Å². The van der Waals surface area contributed by atoms with Gasteiger partial charge in [-0.1, -0.05) is 322 Å². The molecule has 0 aromatic rings. The lowest BCUT2D eigenvalue weighted by molar-refractivity contribution is -0.870. The molecule has 0 heterocycles. The first-order valence-corrected chi connectivity index (χ1v) is 37.2. The van der Waals surface area contributed by atoms with E-state index >= 15 is 0 Å². The molecule has 1 amide bonds. The number of allylic oxidation sites excluding steroid dienone is 3. The molecule has 0 rings (SSSR count). The topological polar surface area (TPSA) is 111 Å². The summed E-state index contributed by atoms with van der Waals surface area (Å²) >= 11 is 0. The fourth-order valence-electron chi connectivity index (χ4n) is 10.9. The third-order valence-electron chi connectivity index (χ3n) is 16.4. The number of nitrogens with one attached hydrogen (secondary N) is 1. The molecule has 480 valence electrons. The summed E-state index contributed by atoms with van der Waals surface area (Å²) in [6.45, 7) is 7.07. The number of quaternary nitrogens is 1. The maximum atomic E-state index is 13.6. The summed E-state index contributed by atoms with van der Waals surface area (Å²) in [5.74, 6) is -0.482. The summed E-state index contributed by atoms with van der Waals surface area (Å²) in [6.07, 6.45) is 74.8. The zero-order chi connectivity index (χ0) is 59.3. The number of phosphoric acid groups is 1. The molecule has 9 nitrogen and oxygen atoms in total. The van der Waals surface area contributed by atoms with Gasteiger partial charge in [0, 0.05) is 12.8 Å². The molecule has 0 fully saturated rings. The van der Waals surface area contributed by atoms with E-state index in [0.29, 0.717) is 23.9 Å². The van der Waals surface area contributed by atoms with Crippen LogP contribution in [0, 0.1) is 0 Å². The van der Waals surface area contributed by atoms with Gasteiger partial charge in [0.05, 0.1) is 33.8 Å². The highest BCUT2D eigenvalue weighted by atomic mass is 31.2. The van der Waals surface area contributed by atoms with E-state index in [1.165, 1.54) is 276 Å². The average molecular weight is 1160 g/mol. The first-order chi connectivity index (χ1) is 39.4. The SMILES string of the molecule is CCCCCCCC/C=C/CCCCCCCCCCCCCCCCCCCC(=O)OC(/C=C/CCCCCCCCCCC)C(COP(=O)(O)OCC[N+](C)(C)C)NC(=O)CCCCCCCCCCCCCCCCCCC. The van der Waals surface area contributed by atoms with Crippen LogP contribution in [0.5, 0.6) is 0 Å². The molecule has 10 heteroatoms. The fourth-order valence-corrected chi connectivity index (χ4v) is 11.6. The second-order valence-corrected chi connectivity index (χ2v) is 27.2. The largest absolute Gasteiger partial charge is 0.472 e. The van der Waals surface area contributed by atoms with Gasteiger partial charge in [-0.15, -0.1) is 0 Å². The van der Waals surface area contributed by atoms with E-state index < -0.39 is 20.0 Å². The molecule has 0 bridgehead atoms. The van der Waals surface area contributed by atoms with Crippen LogP contribution in [0.15, 0.2) is 24.3 Å². The summed E-state index contributed by atoms with van der Waals surface area (Å²) in [5.41, 5.74) is 0. The Morgan fingerprint density at radius 1 is 0.420 bits per heavy atom. The number of hydrogen-bond acceptors (Lipinski definition) is 6. The Labute approximate surface area is 504 Å². The number of ether oxygens (including phenoxy) is 1. The third kappa shape index (κ3) is 62.8. The number of carbonyl (C=O) groups excluding carboxylic acids is 2. The van der Waals surface area contributed by atoms with Crippen LogP contribution in [-0.4, -0.2) is 74.3 Å². The smallest absolute Gasteiger partial charge is 0.456 e. The highest BCUT2D eigenvalue weighted by Gasteiger charge is 2.30. The minimum absolute atomic E-state index is 0.0448. The molecule has 0 saturated carbocycles. The van der Waals surface area contributed by atoms with Crippen molar-refractivity contribution < 1.29 is 37.3 Å². The Hall–Kier alpha value is -1.51. The van der Waals surface area contributed by atoms with Crippen LogP contribution >= 0.6 is 7.82 Å². The summed E-state index contributed by atoms with van der Waals surface area (Å²) in [5, 5.41) is 3.07. The number of nitrogens with zero attached hydrogens (tertiary/aromatic N) is 1. The van der Waals surface area contributed by atoms with Gasteiger partial charge >= 0.3 is 13.8 Å². The van der Waals surface area contributed by atoms with Gasteiger partial charge in [-0.05, 0) is 57.4 Å². The van der Waals surface area contributed by atoms with Gasteiger partial charge in [-0.3, -0.25) is 18.6 Å². The van der Waals surface area contributed by atoms with Crippen molar-refractivity contribution in [1.29, 1.82) is 0 Å². The Kier molecular flexibility index (Phi) is 60.4. The number of unbranched alkanes of at least 4 members (excludes halogenated alkanes) is 48. The summed E-state index contributed by atoms with van der Waals surface area (Å²) in [6, 6.07) is -0.842. The Morgan fingerprint density at radius 3 is 1.05 bits per heavy atom. The zero-order valence-corrected chi connectivity index (χ0v) is 56.0. The van der Waals surface area contributed by atoms with Crippen molar-refractivity contribution in [3.8, 4) is 0 Å². The van der Waals surface area contributed by atoms with Crippen molar-refractivity contribution in [2.75, 3.05) is 40.9 Å². The zero-order valence-electron chi connectivity index (χ0n) is 55.1. The van der Waals surface area contributed by atoms with E-state index in [1.54, 1.807) is 0 Å². The van der Waals surface area contributed by atoms with Crippen LogP contribution in [0.2, 0.25) is 0 Å². The lowest BCUT2D eigenvalue weighted by Gasteiger charge is -2.27. The van der Waals surface area contributed by atoms with Gasteiger partial charge in [0.1, 0.15) is 19.3 Å². The number of rotatable bonds is 66. The monoisotopic (exact) mass is 1160 g/mol. The average Bonchev–Trinajstić information content (AvgIpc) is 3.44. The van der Waals surface area contributed by atoms with Gasteiger partial charge in [0.25, 0.3) is 0 Å². The molecular formula is C71H140N2O7P+. The minimum atomic E-state index is -4.44. The Bertz CT molecular complexity index is 1430. The summed E-state index contributed by atoms with van der Waals surface area (Å²) in [4.78, 5) is 37.8. The summed E-state index contributed by atoms with van der Waals surface area (Å²) < 4.78 is 30.8. The number of likely N-dealkylation sites (N-methyl/N-ethyl adjacent to an activating group) is 1. The van der Waals surface area contributed by atoms with Crippen molar-refractivity contribution in [2.45, 2.75) is 380 Å². The number of amides is 1. The lowest BCUT2D eigenvalue weighted by Crippen LogP contribution is -2.47. The standard InChI is InChI=1S/C71H139N2O7P/c1-7-10-13-16-19-22-25-27-29-31-32-33-34-35-36-37-38-39-40-42-44-46-49-52-55-58-61-64-71(75)80-69(62-59-56-53-50-47-24-21-18-15-12-9-3)68(67-79-81(76,77)78-66-65-73(4,5)6)72-70(74)63-60-57-54-51-48-45-43-41-30-28-26-23-20-17-14-11-8-2/h27,29,59,62,68-69H,7-26,28,30-58,60-61,63-67H2,1-6H3,(H-,72,74,76,77)/p+1/b29-27+,62-59+. The van der Waals surface area contributed by atoms with Gasteiger partial charge in [0.2, 0.25) is 5.91 Å². The molecule has 0 aliphatic rings. The van der Waals surface area contributed by atoms with Crippen molar-refractivity contribution in [3.05, 3.63) is 24.3 Å². The third-order valence-corrected chi connectivity index (χ3v) is 17.4. The molecule has 0 aromatic carbocycles. The summed E-state index contributed by atoms with van der Waals surface area (Å²) in [7, 11) is 1.52. The molecular weight excluding hydrogens is 1020 g/mol. The van der Waals surface area contributed by atoms with Gasteiger partial charge in [-0.25, -0.2) is 4.57 Å². The van der Waals surface area contributed by atoms with E-state index in [4.69, 9.17) is 13.8 Å². The van der Waals surface area contributed by atoms with E-state index in [9.17, 15) is 19.0 Å². The van der Waals surface area contributed by atoms with Gasteiger partial charge < -0.3 is 19.4 Å². The first kappa shape index (κ1) is 79.5. The molecule has 0 spiro atoms. The molecule has 0 aliphatic heterocycles. The quantitative estimate of drug-likeness (QED) is 0.0205. The molecule has 3 unspecified atom stereocenters. The van der Waals surface area contributed by atoms with Crippen LogP contribution < -0.4 is 5.32 Å². The minimum Gasteiger partial charge on any atom is -0.456 e. The second-order valence-electron chi connectivity index (χ2n) is 25.8. The normalized spacial score (nSPS) is 13.6. The van der Waals surface area contributed by atoms with Crippen molar-refractivity contribution in [2.24, 2.45) is 0 Å². The van der Waals surface area contributed by atoms with Crippen LogP contribution in [0.25, 0.3) is 0 Å². The highest BCUT2D eigenvalue weighted by molar-refractivity contribution is 7.47. The first-order valence-electron chi connectivity index (χ1n) is 35.7. The Balaban J connectivity index is 4.93. The van der Waals surface area contributed by atoms with Gasteiger partial charge in [0.15, 0.2) is 0 Å². The predicted molar refractivity (Wildman–Crippen MR) is 351 cm³/mol. The van der Waals surface area contributed by atoms with Crippen LogP contribution in [0.4, 0.5) is 0 Å². The van der Waals surface area contributed by atoms with Gasteiger partial charge in [-0.2, -0.15) is 0 Å². The highest BCUT2D eigenvalue weighted by Crippen LogP contribution is 2.43. The maximum Gasteiger partial charge on any atom is 0.472 e. The van der Waals surface area contributed by atoms with E-state index in [0.717, 1.165) is 57.8 Å². The molecule has 0 aromatic heterocycles. The number of phosphoric ester groups is 1. The predicted octanol–water partition coefficient (Wildman–Crippen LogP) is 22.5. The number of hydrogen-bond donors (Lipinski definition) is 2. The van der Waals surface area contributed by atoms with E-state index in [-0.39, 0.29) is 25.1 Å². The molecule has 3 atom stereocenters. The lowest BCUT2D eigenvalue weighted by atomic mass is 10.0.